The first-order valence-corrected chi connectivity index (χ1v) is 8.06. The topological polar surface area (TPSA) is 88.5 Å². The number of aryl methyl sites for hydroxylation is 1. The summed E-state index contributed by atoms with van der Waals surface area (Å²) in [5, 5.41) is 13.2. The van der Waals surface area contributed by atoms with Gasteiger partial charge in [-0.25, -0.2) is 9.78 Å². The molecule has 132 valence electrons. The van der Waals surface area contributed by atoms with Crippen LogP contribution in [0.2, 0.25) is 0 Å². The fourth-order valence-corrected chi connectivity index (χ4v) is 2.35. The van der Waals surface area contributed by atoms with Crippen LogP contribution < -0.4 is 5.32 Å². The van der Waals surface area contributed by atoms with E-state index in [-0.39, 0.29) is 18.8 Å². The maximum atomic E-state index is 12.3. The average Bonchev–Trinajstić information content (AvgIpc) is 2.60. The van der Waals surface area contributed by atoms with Gasteiger partial charge in [-0.1, -0.05) is 30.3 Å². The summed E-state index contributed by atoms with van der Waals surface area (Å²) in [6, 6.07) is 12.1. The Bertz CT molecular complexity index is 757. The number of esters is 1. The summed E-state index contributed by atoms with van der Waals surface area (Å²) in [5.74, 6) is -0.888. The van der Waals surface area contributed by atoms with E-state index in [1.807, 2.05) is 18.2 Å². The van der Waals surface area contributed by atoms with Gasteiger partial charge in [-0.2, -0.15) is 0 Å². The van der Waals surface area contributed by atoms with E-state index in [0.717, 1.165) is 0 Å². The van der Waals surface area contributed by atoms with Crippen molar-refractivity contribution in [1.82, 2.24) is 10.3 Å². The second-order valence-electron chi connectivity index (χ2n) is 5.87. The van der Waals surface area contributed by atoms with Crippen LogP contribution in [0.15, 0.2) is 42.5 Å². The number of pyridine rings is 1. The van der Waals surface area contributed by atoms with Crippen LogP contribution in [0.3, 0.4) is 0 Å². The molecule has 6 heteroatoms. The molecule has 0 radical (unpaired) electrons. The third kappa shape index (κ3) is 4.64. The molecule has 1 aromatic carbocycles. The number of aliphatic hydroxyl groups is 1. The number of rotatable bonds is 6. The number of carbonyl (C=O) groups is 2. The summed E-state index contributed by atoms with van der Waals surface area (Å²) in [7, 11) is 0. The number of amides is 1. The lowest BCUT2D eigenvalue weighted by molar-refractivity contribution is 0.0523. The predicted octanol–water partition coefficient (Wildman–Crippen LogP) is 2.20. The van der Waals surface area contributed by atoms with Gasteiger partial charge in [-0.05, 0) is 38.5 Å². The van der Waals surface area contributed by atoms with E-state index in [2.05, 4.69) is 10.3 Å². The molecule has 1 amide bonds. The Morgan fingerprint density at radius 2 is 1.88 bits per heavy atom. The third-order valence-electron chi connectivity index (χ3n) is 3.80. The standard InChI is InChI=1S/C19H22N2O4/c1-4-25-18(23)15-10-11-16(21-13(15)2)17(22)20-12-19(3,24)14-8-6-5-7-9-14/h5-11,24H,4,12H2,1-3H3,(H,20,22)/t19-/m1/s1. The quantitative estimate of drug-likeness (QED) is 0.786. The van der Waals surface area contributed by atoms with Crippen LogP contribution in [0, 0.1) is 6.92 Å². The first-order valence-electron chi connectivity index (χ1n) is 8.06. The van der Waals surface area contributed by atoms with Crippen LogP contribution >= 0.6 is 0 Å². The Morgan fingerprint density at radius 3 is 2.48 bits per heavy atom. The number of hydrogen-bond donors (Lipinski definition) is 2. The second kappa shape index (κ2) is 7.90. The highest BCUT2D eigenvalue weighted by molar-refractivity contribution is 5.95. The number of aromatic nitrogens is 1. The molecule has 2 rings (SSSR count). The van der Waals surface area contributed by atoms with Gasteiger partial charge in [-0.15, -0.1) is 0 Å². The summed E-state index contributed by atoms with van der Waals surface area (Å²) in [6.45, 7) is 5.31. The highest BCUT2D eigenvalue weighted by Gasteiger charge is 2.24. The molecule has 0 bridgehead atoms. The third-order valence-corrected chi connectivity index (χ3v) is 3.80. The fraction of sp³-hybridized carbons (Fsp3) is 0.316. The number of hydrogen-bond acceptors (Lipinski definition) is 5. The monoisotopic (exact) mass is 342 g/mol. The number of nitrogens with one attached hydrogen (secondary N) is 1. The van der Waals surface area contributed by atoms with Crippen molar-refractivity contribution in [2.45, 2.75) is 26.4 Å². The molecule has 2 aromatic rings. The van der Waals surface area contributed by atoms with Crippen molar-refractivity contribution in [1.29, 1.82) is 0 Å². The van der Waals surface area contributed by atoms with Gasteiger partial charge in [-0.3, -0.25) is 4.79 Å². The van der Waals surface area contributed by atoms with Crippen molar-refractivity contribution in [3.63, 3.8) is 0 Å². The van der Waals surface area contributed by atoms with Crippen LogP contribution in [-0.4, -0.2) is 35.1 Å². The van der Waals surface area contributed by atoms with E-state index < -0.39 is 17.5 Å². The largest absolute Gasteiger partial charge is 0.462 e. The van der Waals surface area contributed by atoms with Crippen LogP contribution in [0.4, 0.5) is 0 Å². The van der Waals surface area contributed by atoms with Crippen LogP contribution in [0.5, 0.6) is 0 Å². The molecule has 0 spiro atoms. The molecule has 0 saturated carbocycles. The van der Waals surface area contributed by atoms with Crippen LogP contribution in [-0.2, 0) is 10.3 Å². The SMILES string of the molecule is CCOC(=O)c1ccc(C(=O)NC[C@@](C)(O)c2ccccc2)nc1C. The zero-order valence-corrected chi connectivity index (χ0v) is 14.6. The van der Waals surface area contributed by atoms with Gasteiger partial charge in [0, 0.05) is 0 Å². The van der Waals surface area contributed by atoms with Crippen molar-refractivity contribution >= 4 is 11.9 Å². The molecule has 0 aliphatic heterocycles. The van der Waals surface area contributed by atoms with Crippen molar-refractivity contribution in [2.75, 3.05) is 13.2 Å². The summed E-state index contributed by atoms with van der Waals surface area (Å²) in [4.78, 5) is 28.2. The summed E-state index contributed by atoms with van der Waals surface area (Å²) in [6.07, 6.45) is 0. The van der Waals surface area contributed by atoms with E-state index in [0.29, 0.717) is 16.8 Å². The van der Waals surface area contributed by atoms with Gasteiger partial charge in [0.15, 0.2) is 0 Å². The molecule has 6 nitrogen and oxygen atoms in total. The van der Waals surface area contributed by atoms with E-state index in [9.17, 15) is 14.7 Å². The minimum absolute atomic E-state index is 0.0379. The normalized spacial score (nSPS) is 13.0. The highest BCUT2D eigenvalue weighted by atomic mass is 16.5. The minimum Gasteiger partial charge on any atom is -0.462 e. The molecule has 0 aliphatic rings. The molecule has 1 aromatic heterocycles. The lowest BCUT2D eigenvalue weighted by Gasteiger charge is -2.24. The average molecular weight is 342 g/mol. The number of nitrogens with zero attached hydrogens (tertiary/aromatic N) is 1. The Hall–Kier alpha value is -2.73. The van der Waals surface area contributed by atoms with Crippen molar-refractivity contribution in [3.05, 3.63) is 65.0 Å². The molecule has 0 aliphatic carbocycles. The summed E-state index contributed by atoms with van der Waals surface area (Å²) >= 11 is 0. The van der Waals surface area contributed by atoms with Crippen LogP contribution in [0.1, 0.15) is 46.0 Å². The first kappa shape index (κ1) is 18.6. The van der Waals surface area contributed by atoms with Gasteiger partial charge in [0.25, 0.3) is 5.91 Å². The summed E-state index contributed by atoms with van der Waals surface area (Å²) in [5.41, 5.74) is 0.429. The van der Waals surface area contributed by atoms with Crippen molar-refractivity contribution in [2.24, 2.45) is 0 Å². The maximum Gasteiger partial charge on any atom is 0.339 e. The Kier molecular flexibility index (Phi) is 5.88. The number of ether oxygens (including phenoxy) is 1. The summed E-state index contributed by atoms with van der Waals surface area (Å²) < 4.78 is 4.94. The van der Waals surface area contributed by atoms with Gasteiger partial charge in [0.05, 0.1) is 24.4 Å². The first-order chi connectivity index (χ1) is 11.8. The zero-order chi connectivity index (χ0) is 18.4. The molecule has 0 unspecified atom stereocenters. The molecular formula is C19H22N2O4. The lowest BCUT2D eigenvalue weighted by Crippen LogP contribution is -2.39. The second-order valence-corrected chi connectivity index (χ2v) is 5.87. The Balaban J connectivity index is 2.06. The van der Waals surface area contributed by atoms with Gasteiger partial charge >= 0.3 is 5.97 Å². The van der Waals surface area contributed by atoms with E-state index in [1.54, 1.807) is 32.9 Å². The minimum atomic E-state index is -1.20. The van der Waals surface area contributed by atoms with E-state index in [4.69, 9.17) is 4.74 Å². The molecule has 0 saturated heterocycles. The Labute approximate surface area is 146 Å². The molecule has 0 fully saturated rings. The molecule has 2 N–H and O–H groups in total. The number of benzene rings is 1. The highest BCUT2D eigenvalue weighted by Crippen LogP contribution is 2.19. The van der Waals surface area contributed by atoms with Gasteiger partial charge in [0.1, 0.15) is 11.3 Å². The zero-order valence-electron chi connectivity index (χ0n) is 14.6. The molecule has 1 atom stereocenters. The van der Waals surface area contributed by atoms with Gasteiger partial charge in [0.2, 0.25) is 0 Å². The predicted molar refractivity (Wildman–Crippen MR) is 93.3 cm³/mol. The van der Waals surface area contributed by atoms with E-state index in [1.165, 1.54) is 12.1 Å². The number of carbonyl (C=O) groups excluding carboxylic acids is 2. The maximum absolute atomic E-state index is 12.3. The smallest absolute Gasteiger partial charge is 0.339 e. The molecular weight excluding hydrogens is 320 g/mol. The molecule has 25 heavy (non-hydrogen) atoms. The van der Waals surface area contributed by atoms with Gasteiger partial charge < -0.3 is 15.2 Å². The van der Waals surface area contributed by atoms with E-state index >= 15 is 0 Å². The lowest BCUT2D eigenvalue weighted by atomic mass is 9.96. The van der Waals surface area contributed by atoms with Crippen LogP contribution in [0.25, 0.3) is 0 Å². The van der Waals surface area contributed by atoms with Crippen molar-refractivity contribution in [3.8, 4) is 0 Å². The molecule has 1 heterocycles. The Morgan fingerprint density at radius 1 is 1.20 bits per heavy atom. The fourth-order valence-electron chi connectivity index (χ4n) is 2.35. The van der Waals surface area contributed by atoms with Crippen molar-refractivity contribution < 1.29 is 19.4 Å².